The van der Waals surface area contributed by atoms with Gasteiger partial charge in [-0.15, -0.1) is 0 Å². The fraction of sp³-hybridized carbons (Fsp3) is 0.200. The lowest BCUT2D eigenvalue weighted by atomic mass is 10.2. The first-order chi connectivity index (χ1) is 16.7. The molecule has 0 aliphatic heterocycles. The average molecular weight is 516 g/mol. The third kappa shape index (κ3) is 6.12. The van der Waals surface area contributed by atoms with Crippen LogP contribution in [0.4, 0.5) is 5.69 Å². The van der Waals surface area contributed by atoms with Crippen LogP contribution in [0.2, 0.25) is 5.02 Å². The lowest BCUT2D eigenvalue weighted by molar-refractivity contribution is -0.119. The maximum Gasteiger partial charge on any atom is 0.264 e. The number of methoxy groups -OCH3 is 2. The van der Waals surface area contributed by atoms with Crippen molar-refractivity contribution in [3.63, 3.8) is 0 Å². The first kappa shape index (κ1) is 26.1. The highest BCUT2D eigenvalue weighted by molar-refractivity contribution is 7.92. The number of para-hydroxylation sites is 1. The van der Waals surface area contributed by atoms with Gasteiger partial charge in [-0.2, -0.15) is 5.10 Å². The monoisotopic (exact) mass is 515 g/mol. The number of halogens is 1. The van der Waals surface area contributed by atoms with Gasteiger partial charge in [-0.3, -0.25) is 9.10 Å². The van der Waals surface area contributed by atoms with E-state index in [-0.39, 0.29) is 4.90 Å². The van der Waals surface area contributed by atoms with E-state index in [1.807, 2.05) is 6.92 Å². The van der Waals surface area contributed by atoms with E-state index in [9.17, 15) is 13.2 Å². The fourth-order valence-corrected chi connectivity index (χ4v) is 5.10. The number of hydrogen-bond acceptors (Lipinski definition) is 6. The molecule has 0 atom stereocenters. The summed E-state index contributed by atoms with van der Waals surface area (Å²) >= 11 is 6.06. The summed E-state index contributed by atoms with van der Waals surface area (Å²) in [6.07, 6.45) is 1.39. The minimum Gasteiger partial charge on any atom is -0.493 e. The van der Waals surface area contributed by atoms with Crippen molar-refractivity contribution in [1.82, 2.24) is 5.43 Å². The highest BCUT2D eigenvalue weighted by Gasteiger charge is 2.28. The maximum absolute atomic E-state index is 13.5. The largest absolute Gasteiger partial charge is 0.493 e. The van der Waals surface area contributed by atoms with Crippen LogP contribution in [0.15, 0.2) is 70.7 Å². The number of benzene rings is 3. The van der Waals surface area contributed by atoms with Crippen molar-refractivity contribution in [3.8, 4) is 11.5 Å². The minimum absolute atomic E-state index is 0.0647. The summed E-state index contributed by atoms with van der Waals surface area (Å²) in [4.78, 5) is 12.9. The molecule has 10 heteroatoms. The van der Waals surface area contributed by atoms with Crippen LogP contribution in [-0.2, 0) is 14.8 Å². The zero-order valence-corrected chi connectivity index (χ0v) is 21.4. The molecule has 0 heterocycles. The van der Waals surface area contributed by atoms with Gasteiger partial charge in [-0.05, 0) is 61.9 Å². The molecule has 0 bridgehead atoms. The average Bonchev–Trinajstić information content (AvgIpc) is 2.83. The van der Waals surface area contributed by atoms with Gasteiger partial charge in [-0.25, -0.2) is 13.8 Å². The molecular weight excluding hydrogens is 490 g/mol. The Balaban J connectivity index is 1.89. The van der Waals surface area contributed by atoms with E-state index in [0.717, 1.165) is 9.87 Å². The summed E-state index contributed by atoms with van der Waals surface area (Å²) in [5.74, 6) is 0.331. The smallest absolute Gasteiger partial charge is 0.264 e. The molecule has 0 fully saturated rings. The van der Waals surface area contributed by atoms with Crippen molar-refractivity contribution < 1.29 is 22.7 Å². The van der Waals surface area contributed by atoms with Gasteiger partial charge in [0.05, 0.1) is 31.0 Å². The summed E-state index contributed by atoms with van der Waals surface area (Å²) in [5, 5.41) is 4.43. The molecule has 0 spiro atoms. The summed E-state index contributed by atoms with van der Waals surface area (Å²) in [6.45, 7) is 3.09. The predicted molar refractivity (Wildman–Crippen MR) is 137 cm³/mol. The number of carbonyl (C=O) groups is 1. The van der Waals surface area contributed by atoms with E-state index in [1.165, 1.54) is 32.6 Å². The number of rotatable bonds is 9. The number of nitrogens with zero attached hydrogens (tertiary/aromatic N) is 2. The molecule has 0 radical (unpaired) electrons. The van der Waals surface area contributed by atoms with Crippen LogP contribution in [0.25, 0.3) is 0 Å². The quantitative estimate of drug-likeness (QED) is 0.338. The Morgan fingerprint density at radius 2 is 1.77 bits per heavy atom. The highest BCUT2D eigenvalue weighted by atomic mass is 35.5. The second kappa shape index (κ2) is 11.2. The van der Waals surface area contributed by atoms with Crippen molar-refractivity contribution in [1.29, 1.82) is 0 Å². The number of anilines is 1. The summed E-state index contributed by atoms with van der Waals surface area (Å²) in [5.41, 5.74) is 4.81. The number of hydrogen-bond donors (Lipinski definition) is 1. The van der Waals surface area contributed by atoms with Gasteiger partial charge in [0.15, 0.2) is 11.5 Å². The molecule has 3 aromatic carbocycles. The second-order valence-electron chi connectivity index (χ2n) is 7.63. The number of aryl methyl sites for hydroxylation is 2. The SMILES string of the molecule is COc1cccc(/C=N\NC(=O)CN(c2ccc(Cl)cc2C)S(=O)(=O)c2ccc(C)cc2)c1OC. The van der Waals surface area contributed by atoms with Crippen molar-refractivity contribution >= 4 is 39.4 Å². The minimum atomic E-state index is -4.06. The summed E-state index contributed by atoms with van der Waals surface area (Å²) < 4.78 is 38.7. The summed E-state index contributed by atoms with van der Waals surface area (Å²) in [7, 11) is -1.04. The van der Waals surface area contributed by atoms with Crippen molar-refractivity contribution in [2.24, 2.45) is 5.10 Å². The lowest BCUT2D eigenvalue weighted by Crippen LogP contribution is -2.40. The van der Waals surface area contributed by atoms with Crippen LogP contribution in [0.1, 0.15) is 16.7 Å². The zero-order valence-electron chi connectivity index (χ0n) is 19.8. The van der Waals surface area contributed by atoms with Crippen LogP contribution in [0.5, 0.6) is 11.5 Å². The Morgan fingerprint density at radius 3 is 2.40 bits per heavy atom. The number of nitrogens with one attached hydrogen (secondary N) is 1. The maximum atomic E-state index is 13.5. The Morgan fingerprint density at radius 1 is 1.06 bits per heavy atom. The summed E-state index contributed by atoms with van der Waals surface area (Å²) in [6, 6.07) is 16.4. The van der Waals surface area contributed by atoms with E-state index in [1.54, 1.807) is 55.5 Å². The lowest BCUT2D eigenvalue weighted by Gasteiger charge is -2.25. The number of amides is 1. The Labute approximate surface area is 210 Å². The Hall–Kier alpha value is -3.56. The topological polar surface area (TPSA) is 97.3 Å². The first-order valence-corrected chi connectivity index (χ1v) is 12.4. The molecule has 0 aliphatic rings. The van der Waals surface area contributed by atoms with Crippen molar-refractivity contribution in [2.45, 2.75) is 18.7 Å². The molecule has 3 aromatic rings. The zero-order chi connectivity index (χ0) is 25.6. The molecule has 0 aromatic heterocycles. The first-order valence-electron chi connectivity index (χ1n) is 10.6. The molecule has 0 saturated carbocycles. The van der Waals surface area contributed by atoms with E-state index >= 15 is 0 Å². The number of carbonyl (C=O) groups excluding carboxylic acids is 1. The molecule has 0 aliphatic carbocycles. The van der Waals surface area contributed by atoms with Crippen LogP contribution < -0.4 is 19.2 Å². The third-order valence-electron chi connectivity index (χ3n) is 5.15. The number of hydrazone groups is 1. The van der Waals surface area contributed by atoms with Gasteiger partial charge < -0.3 is 9.47 Å². The fourth-order valence-electron chi connectivity index (χ4n) is 3.39. The second-order valence-corrected chi connectivity index (χ2v) is 9.93. The normalized spacial score (nSPS) is 11.3. The van der Waals surface area contributed by atoms with Gasteiger partial charge in [0.25, 0.3) is 15.9 Å². The van der Waals surface area contributed by atoms with Gasteiger partial charge in [0.2, 0.25) is 0 Å². The van der Waals surface area contributed by atoms with E-state index in [2.05, 4.69) is 10.5 Å². The van der Waals surface area contributed by atoms with E-state index in [4.69, 9.17) is 21.1 Å². The van der Waals surface area contributed by atoms with Gasteiger partial charge in [-0.1, -0.05) is 35.4 Å². The number of sulfonamides is 1. The highest BCUT2D eigenvalue weighted by Crippen LogP contribution is 2.30. The van der Waals surface area contributed by atoms with Crippen LogP contribution in [0, 0.1) is 13.8 Å². The van der Waals surface area contributed by atoms with Crippen LogP contribution >= 0.6 is 11.6 Å². The molecule has 0 saturated heterocycles. The number of ether oxygens (including phenoxy) is 2. The Bertz CT molecular complexity index is 1340. The van der Waals surface area contributed by atoms with Crippen molar-refractivity contribution in [3.05, 3.63) is 82.4 Å². The third-order valence-corrected chi connectivity index (χ3v) is 7.16. The van der Waals surface area contributed by atoms with Crippen LogP contribution in [-0.4, -0.2) is 41.3 Å². The standard InChI is InChI=1S/C25H26ClN3O5S/c1-17-8-11-21(12-9-17)35(31,32)29(22-13-10-20(26)14-18(22)2)16-24(30)28-27-15-19-6-5-7-23(33-3)25(19)34-4/h5-15H,16H2,1-4H3,(H,28,30)/b27-15-. The van der Waals surface area contributed by atoms with Gasteiger partial charge >= 0.3 is 0 Å². The van der Waals surface area contributed by atoms with Crippen LogP contribution in [0.3, 0.4) is 0 Å². The molecule has 184 valence electrons. The molecule has 35 heavy (non-hydrogen) atoms. The van der Waals surface area contributed by atoms with Gasteiger partial charge in [0.1, 0.15) is 6.54 Å². The molecule has 0 unspecified atom stereocenters. The van der Waals surface area contributed by atoms with E-state index < -0.39 is 22.5 Å². The molecule has 1 amide bonds. The van der Waals surface area contributed by atoms with E-state index in [0.29, 0.717) is 33.3 Å². The molecular formula is C25H26ClN3O5S. The molecule has 3 rings (SSSR count). The molecule has 8 nitrogen and oxygen atoms in total. The van der Waals surface area contributed by atoms with Crippen molar-refractivity contribution in [2.75, 3.05) is 25.1 Å². The van der Waals surface area contributed by atoms with Gasteiger partial charge in [0, 0.05) is 10.6 Å². The Kier molecular flexibility index (Phi) is 8.37. The predicted octanol–water partition coefficient (Wildman–Crippen LogP) is 4.32. The molecule has 1 N–H and O–H groups in total.